The van der Waals surface area contributed by atoms with E-state index in [0.29, 0.717) is 6.04 Å². The minimum absolute atomic E-state index is 0.332. The molecule has 0 heterocycles. The van der Waals surface area contributed by atoms with Gasteiger partial charge in [0.1, 0.15) is 11.5 Å². The van der Waals surface area contributed by atoms with Gasteiger partial charge >= 0.3 is 0 Å². The van der Waals surface area contributed by atoms with Gasteiger partial charge in [0.05, 0.1) is 14.2 Å². The lowest BCUT2D eigenvalue weighted by atomic mass is 9.99. The van der Waals surface area contributed by atoms with Crippen LogP contribution < -0.4 is 14.8 Å². The molecule has 0 saturated carbocycles. The zero-order chi connectivity index (χ0) is 14.3. The van der Waals surface area contributed by atoms with Crippen LogP contribution in [-0.4, -0.2) is 46.8 Å². The van der Waals surface area contributed by atoms with E-state index in [4.69, 9.17) is 9.47 Å². The fourth-order valence-electron chi connectivity index (χ4n) is 2.26. The van der Waals surface area contributed by atoms with E-state index in [1.54, 1.807) is 14.2 Å². The molecule has 4 heteroatoms. The molecule has 1 aromatic rings. The zero-order valence-electron chi connectivity index (χ0n) is 12.7. The van der Waals surface area contributed by atoms with Crippen molar-refractivity contribution in [3.63, 3.8) is 0 Å². The summed E-state index contributed by atoms with van der Waals surface area (Å²) in [6.45, 7) is 1.02. The molecule has 0 aliphatic heterocycles. The van der Waals surface area contributed by atoms with E-state index in [1.165, 1.54) is 5.56 Å². The number of rotatable bonds is 8. The van der Waals surface area contributed by atoms with E-state index in [0.717, 1.165) is 30.9 Å². The first-order valence-electron chi connectivity index (χ1n) is 6.67. The predicted octanol–water partition coefficient (Wildman–Crippen LogP) is 2.31. The first kappa shape index (κ1) is 15.8. The van der Waals surface area contributed by atoms with Gasteiger partial charge in [-0.3, -0.25) is 0 Å². The second-order valence-corrected chi connectivity index (χ2v) is 4.83. The molecule has 1 atom stereocenters. The molecule has 0 aliphatic carbocycles. The standard InChI is InChI=1S/C15H26N2O2/c1-16-10-6-7-14(17(2)3)13-11-12(18-4)8-9-15(13)19-5/h8-9,11,14,16H,6-7,10H2,1-5H3. The van der Waals surface area contributed by atoms with Crippen LogP contribution in [-0.2, 0) is 0 Å². The quantitative estimate of drug-likeness (QED) is 0.732. The lowest BCUT2D eigenvalue weighted by molar-refractivity contribution is 0.269. The van der Waals surface area contributed by atoms with E-state index in [2.05, 4.69) is 30.4 Å². The van der Waals surface area contributed by atoms with Gasteiger partial charge in [0.25, 0.3) is 0 Å². The van der Waals surface area contributed by atoms with Crippen molar-refractivity contribution in [2.75, 3.05) is 41.9 Å². The summed E-state index contributed by atoms with van der Waals surface area (Å²) < 4.78 is 10.8. The average molecular weight is 266 g/mol. The van der Waals surface area contributed by atoms with Crippen LogP contribution in [0.3, 0.4) is 0 Å². The van der Waals surface area contributed by atoms with Crippen LogP contribution in [0.25, 0.3) is 0 Å². The molecule has 0 amide bonds. The number of methoxy groups -OCH3 is 2. The van der Waals surface area contributed by atoms with Crippen LogP contribution in [0.15, 0.2) is 18.2 Å². The van der Waals surface area contributed by atoms with Gasteiger partial charge in [0.2, 0.25) is 0 Å². The molecule has 0 saturated heterocycles. The molecule has 0 aliphatic rings. The molecule has 0 bridgehead atoms. The highest BCUT2D eigenvalue weighted by Crippen LogP contribution is 2.34. The van der Waals surface area contributed by atoms with Gasteiger partial charge in [-0.15, -0.1) is 0 Å². The molecule has 1 unspecified atom stereocenters. The van der Waals surface area contributed by atoms with Crippen molar-refractivity contribution < 1.29 is 9.47 Å². The lowest BCUT2D eigenvalue weighted by Gasteiger charge is -2.26. The minimum Gasteiger partial charge on any atom is -0.497 e. The van der Waals surface area contributed by atoms with Crippen LogP contribution >= 0.6 is 0 Å². The highest BCUT2D eigenvalue weighted by Gasteiger charge is 2.18. The molecular formula is C15H26N2O2. The van der Waals surface area contributed by atoms with E-state index in [9.17, 15) is 0 Å². The number of nitrogens with zero attached hydrogens (tertiary/aromatic N) is 1. The summed E-state index contributed by atoms with van der Waals surface area (Å²) in [7, 11) is 9.59. The summed E-state index contributed by atoms with van der Waals surface area (Å²) in [5.41, 5.74) is 1.18. The Balaban J connectivity index is 2.98. The zero-order valence-corrected chi connectivity index (χ0v) is 12.7. The largest absolute Gasteiger partial charge is 0.497 e. The summed E-state index contributed by atoms with van der Waals surface area (Å²) in [5, 5.41) is 3.19. The molecule has 1 aromatic carbocycles. The third kappa shape index (κ3) is 4.40. The molecule has 0 aromatic heterocycles. The average Bonchev–Trinajstić information content (AvgIpc) is 2.42. The topological polar surface area (TPSA) is 33.7 Å². The van der Waals surface area contributed by atoms with Crippen molar-refractivity contribution >= 4 is 0 Å². The Labute approximate surface area is 116 Å². The van der Waals surface area contributed by atoms with E-state index in [1.807, 2.05) is 19.2 Å². The normalized spacial score (nSPS) is 12.5. The number of benzene rings is 1. The molecule has 1 N–H and O–H groups in total. The Bertz CT molecular complexity index is 380. The predicted molar refractivity (Wildman–Crippen MR) is 79.1 cm³/mol. The fraction of sp³-hybridized carbons (Fsp3) is 0.600. The van der Waals surface area contributed by atoms with Gasteiger partial charge in [-0.1, -0.05) is 0 Å². The highest BCUT2D eigenvalue weighted by molar-refractivity contribution is 5.42. The maximum Gasteiger partial charge on any atom is 0.123 e. The van der Waals surface area contributed by atoms with Crippen molar-refractivity contribution in [3.05, 3.63) is 23.8 Å². The third-order valence-electron chi connectivity index (χ3n) is 3.32. The van der Waals surface area contributed by atoms with Crippen LogP contribution in [0.2, 0.25) is 0 Å². The molecule has 4 nitrogen and oxygen atoms in total. The van der Waals surface area contributed by atoms with E-state index in [-0.39, 0.29) is 0 Å². The van der Waals surface area contributed by atoms with Gasteiger partial charge in [-0.25, -0.2) is 0 Å². The Hall–Kier alpha value is -1.26. The molecule has 0 radical (unpaired) electrons. The first-order valence-corrected chi connectivity index (χ1v) is 6.67. The maximum atomic E-state index is 5.48. The van der Waals surface area contributed by atoms with Crippen LogP contribution in [0.4, 0.5) is 0 Å². The fourth-order valence-corrected chi connectivity index (χ4v) is 2.26. The number of ether oxygens (including phenoxy) is 2. The van der Waals surface area contributed by atoms with Crippen LogP contribution in [0.1, 0.15) is 24.4 Å². The summed E-state index contributed by atoms with van der Waals surface area (Å²) in [6, 6.07) is 6.31. The molecular weight excluding hydrogens is 240 g/mol. The van der Waals surface area contributed by atoms with Gasteiger partial charge in [0, 0.05) is 11.6 Å². The summed E-state index contributed by atoms with van der Waals surface area (Å²) in [4.78, 5) is 2.23. The monoisotopic (exact) mass is 266 g/mol. The Morgan fingerprint density at radius 3 is 2.47 bits per heavy atom. The summed E-state index contributed by atoms with van der Waals surface area (Å²) in [5.74, 6) is 1.79. The van der Waals surface area contributed by atoms with Crippen molar-refractivity contribution in [2.45, 2.75) is 18.9 Å². The highest BCUT2D eigenvalue weighted by atomic mass is 16.5. The molecule has 0 spiro atoms. The third-order valence-corrected chi connectivity index (χ3v) is 3.32. The number of hydrogen-bond acceptors (Lipinski definition) is 4. The second-order valence-electron chi connectivity index (χ2n) is 4.83. The molecule has 1 rings (SSSR count). The summed E-state index contributed by atoms with van der Waals surface area (Å²) in [6.07, 6.45) is 2.21. The minimum atomic E-state index is 0.332. The van der Waals surface area contributed by atoms with Gasteiger partial charge < -0.3 is 19.7 Å². The smallest absolute Gasteiger partial charge is 0.123 e. The maximum absolute atomic E-state index is 5.48. The Morgan fingerprint density at radius 2 is 1.95 bits per heavy atom. The van der Waals surface area contributed by atoms with Crippen molar-refractivity contribution in [1.29, 1.82) is 0 Å². The molecule has 108 valence electrons. The first-order chi connectivity index (χ1) is 9.13. The van der Waals surface area contributed by atoms with Crippen molar-refractivity contribution in [2.24, 2.45) is 0 Å². The summed E-state index contributed by atoms with van der Waals surface area (Å²) >= 11 is 0. The van der Waals surface area contributed by atoms with Gasteiger partial charge in [-0.05, 0) is 58.7 Å². The van der Waals surface area contributed by atoms with Crippen LogP contribution in [0.5, 0.6) is 11.5 Å². The SMILES string of the molecule is CNCCCC(c1cc(OC)ccc1OC)N(C)C. The number of nitrogens with one attached hydrogen (secondary N) is 1. The van der Waals surface area contributed by atoms with E-state index >= 15 is 0 Å². The van der Waals surface area contributed by atoms with Crippen molar-refractivity contribution in [1.82, 2.24) is 10.2 Å². The second kappa shape index (κ2) is 8.02. The molecule has 0 fully saturated rings. The van der Waals surface area contributed by atoms with Gasteiger partial charge in [0.15, 0.2) is 0 Å². The van der Waals surface area contributed by atoms with Crippen molar-refractivity contribution in [3.8, 4) is 11.5 Å². The Kier molecular flexibility index (Phi) is 6.67. The lowest BCUT2D eigenvalue weighted by Crippen LogP contribution is -2.22. The number of hydrogen-bond donors (Lipinski definition) is 1. The Morgan fingerprint density at radius 1 is 1.21 bits per heavy atom. The van der Waals surface area contributed by atoms with Gasteiger partial charge in [-0.2, -0.15) is 0 Å². The molecule has 19 heavy (non-hydrogen) atoms. The van der Waals surface area contributed by atoms with E-state index < -0.39 is 0 Å². The van der Waals surface area contributed by atoms with Crippen LogP contribution in [0, 0.1) is 0 Å².